The number of aldehydes is 1. The molecule has 1 atom stereocenters. The van der Waals surface area contributed by atoms with Gasteiger partial charge in [-0.15, -0.1) is 0 Å². The second kappa shape index (κ2) is 6.19. The molecule has 0 amide bonds. The van der Waals surface area contributed by atoms with Crippen LogP contribution in [0, 0.1) is 5.92 Å². The van der Waals surface area contributed by atoms with Crippen molar-refractivity contribution in [1.82, 2.24) is 4.90 Å². The van der Waals surface area contributed by atoms with Crippen LogP contribution in [0.4, 0.5) is 0 Å². The summed E-state index contributed by atoms with van der Waals surface area (Å²) in [5, 5.41) is 8.82. The molecule has 0 saturated heterocycles. The summed E-state index contributed by atoms with van der Waals surface area (Å²) in [4.78, 5) is 12.6. The summed E-state index contributed by atoms with van der Waals surface area (Å²) in [5.41, 5.74) is 1.01. The average molecular weight is 207 g/mol. The smallest absolute Gasteiger partial charge is 0.127 e. The number of carbonyl (C=O) groups excluding carboxylic acids is 1. The highest BCUT2D eigenvalue weighted by Gasteiger charge is 2.04. The van der Waals surface area contributed by atoms with E-state index in [9.17, 15) is 4.79 Å². The molecule has 15 heavy (non-hydrogen) atoms. The Bertz CT molecular complexity index is 292. The lowest BCUT2D eigenvalue weighted by atomic mass is 10.0. The fraction of sp³-hybridized carbons (Fsp3) is 0.417. The highest BCUT2D eigenvalue weighted by atomic mass is 16.3. The number of rotatable bonds is 4. The van der Waals surface area contributed by atoms with Gasteiger partial charge in [-0.3, -0.25) is 0 Å². The Morgan fingerprint density at radius 3 is 3.13 bits per heavy atom. The number of aliphatic hydroxyl groups excluding tert-OH is 1. The summed E-state index contributed by atoms with van der Waals surface area (Å²) >= 11 is 0. The van der Waals surface area contributed by atoms with Gasteiger partial charge in [-0.1, -0.05) is 18.2 Å². The van der Waals surface area contributed by atoms with E-state index < -0.39 is 0 Å². The number of hydrogen-bond acceptors (Lipinski definition) is 3. The third kappa shape index (κ3) is 3.72. The van der Waals surface area contributed by atoms with E-state index in [1.807, 2.05) is 42.3 Å². The highest BCUT2D eigenvalue weighted by Crippen LogP contribution is 2.12. The lowest BCUT2D eigenvalue weighted by Gasteiger charge is -2.19. The maximum absolute atomic E-state index is 10.7. The van der Waals surface area contributed by atoms with Crippen LogP contribution in [0.25, 0.3) is 0 Å². The fourth-order valence-corrected chi connectivity index (χ4v) is 1.39. The van der Waals surface area contributed by atoms with Crippen molar-refractivity contribution in [3.63, 3.8) is 0 Å². The van der Waals surface area contributed by atoms with Gasteiger partial charge in [0, 0.05) is 25.2 Å². The van der Waals surface area contributed by atoms with E-state index in [4.69, 9.17) is 5.11 Å². The van der Waals surface area contributed by atoms with Gasteiger partial charge in [-0.2, -0.15) is 0 Å². The minimum atomic E-state index is -0.0347. The Hall–Kier alpha value is -1.35. The third-order valence-corrected chi connectivity index (χ3v) is 2.38. The van der Waals surface area contributed by atoms with Crippen molar-refractivity contribution in [2.24, 2.45) is 5.92 Å². The molecule has 3 heteroatoms. The van der Waals surface area contributed by atoms with E-state index in [-0.39, 0.29) is 12.5 Å². The molecule has 0 saturated carbocycles. The molecule has 3 nitrogen and oxygen atoms in total. The zero-order valence-corrected chi connectivity index (χ0v) is 8.97. The lowest BCUT2D eigenvalue weighted by Crippen LogP contribution is -2.20. The first kappa shape index (κ1) is 11.7. The van der Waals surface area contributed by atoms with Gasteiger partial charge >= 0.3 is 0 Å². The molecule has 1 rings (SSSR count). The van der Waals surface area contributed by atoms with Gasteiger partial charge in [0.2, 0.25) is 0 Å². The average Bonchev–Trinajstić information content (AvgIpc) is 2.18. The van der Waals surface area contributed by atoms with Crippen LogP contribution in [0.2, 0.25) is 0 Å². The molecule has 0 aromatic heterocycles. The maximum Gasteiger partial charge on any atom is 0.127 e. The van der Waals surface area contributed by atoms with E-state index in [0.717, 1.165) is 18.4 Å². The van der Waals surface area contributed by atoms with Crippen LogP contribution in [0.1, 0.15) is 6.42 Å². The Morgan fingerprint density at radius 1 is 1.67 bits per heavy atom. The molecule has 0 heterocycles. The Kier molecular flexibility index (Phi) is 4.84. The van der Waals surface area contributed by atoms with Crippen LogP contribution in [-0.4, -0.2) is 36.5 Å². The molecule has 1 aliphatic carbocycles. The largest absolute Gasteiger partial charge is 0.395 e. The van der Waals surface area contributed by atoms with Gasteiger partial charge in [0.1, 0.15) is 6.29 Å². The van der Waals surface area contributed by atoms with Gasteiger partial charge in [-0.25, -0.2) is 0 Å². The van der Waals surface area contributed by atoms with Gasteiger partial charge in [0.15, 0.2) is 0 Å². The quantitative estimate of drug-likeness (QED) is 0.702. The van der Waals surface area contributed by atoms with E-state index in [0.29, 0.717) is 6.54 Å². The second-order valence-electron chi connectivity index (χ2n) is 3.56. The molecule has 0 radical (unpaired) electrons. The van der Waals surface area contributed by atoms with Crippen molar-refractivity contribution in [3.8, 4) is 0 Å². The molecule has 82 valence electrons. The molecule has 0 aliphatic heterocycles. The summed E-state index contributed by atoms with van der Waals surface area (Å²) in [5.74, 6) is -0.0347. The van der Waals surface area contributed by atoms with Gasteiger partial charge < -0.3 is 14.8 Å². The number of hydrogen-bond donors (Lipinski definition) is 1. The molecule has 0 spiro atoms. The van der Waals surface area contributed by atoms with Crippen LogP contribution in [0.5, 0.6) is 0 Å². The predicted octanol–water partition coefficient (Wildman–Crippen LogP) is 1.13. The van der Waals surface area contributed by atoms with E-state index in [1.165, 1.54) is 0 Å². The molecule has 0 bridgehead atoms. The molecule has 1 N–H and O–H groups in total. The third-order valence-electron chi connectivity index (χ3n) is 2.38. The number of allylic oxidation sites excluding steroid dienone is 5. The predicted molar refractivity (Wildman–Crippen MR) is 60.2 cm³/mol. The number of carbonyl (C=O) groups is 1. The summed E-state index contributed by atoms with van der Waals surface area (Å²) in [6.45, 7) is 0.721. The van der Waals surface area contributed by atoms with Crippen LogP contribution in [-0.2, 0) is 4.79 Å². The molecular weight excluding hydrogens is 190 g/mol. The van der Waals surface area contributed by atoms with Crippen LogP contribution < -0.4 is 0 Å². The molecular formula is C12H17NO2. The van der Waals surface area contributed by atoms with E-state index in [1.54, 1.807) is 0 Å². The van der Waals surface area contributed by atoms with Gasteiger partial charge in [0.05, 0.1) is 6.61 Å². The van der Waals surface area contributed by atoms with Gasteiger partial charge in [0.25, 0.3) is 0 Å². The van der Waals surface area contributed by atoms with Crippen LogP contribution in [0.3, 0.4) is 0 Å². The van der Waals surface area contributed by atoms with Crippen molar-refractivity contribution in [3.05, 3.63) is 36.1 Å². The van der Waals surface area contributed by atoms with Crippen molar-refractivity contribution >= 4 is 6.29 Å². The van der Waals surface area contributed by atoms with Gasteiger partial charge in [-0.05, 0) is 18.6 Å². The number of aliphatic hydroxyl groups is 1. The highest BCUT2D eigenvalue weighted by molar-refractivity contribution is 5.57. The standard InChI is InChI=1S/C12H17NO2/c1-13(8-9-14)12-5-3-2-4-11(10-15)6-7-12/h2-3,5-7,10-11,14H,4,8-9H2,1H3. The Balaban J connectivity index is 2.74. The van der Waals surface area contributed by atoms with Crippen molar-refractivity contribution < 1.29 is 9.90 Å². The maximum atomic E-state index is 10.7. The number of likely N-dealkylation sites (N-methyl/N-ethyl adjacent to an activating group) is 1. The second-order valence-corrected chi connectivity index (χ2v) is 3.56. The van der Waals surface area contributed by atoms with Crippen molar-refractivity contribution in [2.45, 2.75) is 6.42 Å². The summed E-state index contributed by atoms with van der Waals surface area (Å²) in [7, 11) is 1.91. The number of nitrogens with zero attached hydrogens (tertiary/aromatic N) is 1. The molecule has 0 aromatic carbocycles. The fourth-order valence-electron chi connectivity index (χ4n) is 1.39. The SMILES string of the molecule is CN(CCO)C1=CC=CCC(C=O)C=C1. The Morgan fingerprint density at radius 2 is 2.47 bits per heavy atom. The zero-order valence-electron chi connectivity index (χ0n) is 8.97. The van der Waals surface area contributed by atoms with Crippen LogP contribution in [0.15, 0.2) is 36.1 Å². The van der Waals surface area contributed by atoms with E-state index >= 15 is 0 Å². The first-order valence-corrected chi connectivity index (χ1v) is 5.10. The first-order valence-electron chi connectivity index (χ1n) is 5.10. The summed E-state index contributed by atoms with van der Waals surface area (Å²) in [6.07, 6.45) is 11.4. The minimum Gasteiger partial charge on any atom is -0.395 e. The molecule has 0 aromatic rings. The Labute approximate surface area is 90.4 Å². The molecule has 0 fully saturated rings. The minimum absolute atomic E-state index is 0.0347. The van der Waals surface area contributed by atoms with E-state index in [2.05, 4.69) is 0 Å². The lowest BCUT2D eigenvalue weighted by molar-refractivity contribution is -0.109. The topological polar surface area (TPSA) is 40.5 Å². The molecule has 1 unspecified atom stereocenters. The molecule has 1 aliphatic rings. The normalized spacial score (nSPS) is 20.4. The summed E-state index contributed by atoms with van der Waals surface area (Å²) in [6, 6.07) is 0. The first-order chi connectivity index (χ1) is 7.27. The zero-order chi connectivity index (χ0) is 11.1. The van der Waals surface area contributed by atoms with Crippen molar-refractivity contribution in [1.29, 1.82) is 0 Å². The van der Waals surface area contributed by atoms with Crippen LogP contribution >= 0.6 is 0 Å². The van der Waals surface area contributed by atoms with Crippen molar-refractivity contribution in [2.75, 3.05) is 20.2 Å². The summed E-state index contributed by atoms with van der Waals surface area (Å²) < 4.78 is 0. The monoisotopic (exact) mass is 207 g/mol.